The Kier molecular flexibility index (Phi) is 4.40. The summed E-state index contributed by atoms with van der Waals surface area (Å²) < 4.78 is 5.10. The van der Waals surface area contributed by atoms with Crippen LogP contribution in [0, 0.1) is 5.92 Å². The summed E-state index contributed by atoms with van der Waals surface area (Å²) >= 11 is 0. The molecule has 1 aromatic rings. The molecule has 1 rings (SSSR count). The average molecular weight is 223 g/mol. The Balaban J connectivity index is 2.72. The molecule has 0 fully saturated rings. The largest absolute Gasteiger partial charge is 0.479 e. The minimum absolute atomic E-state index is 0.494. The fraction of sp³-hybridized carbons (Fsp3) is 0.583. The number of anilines is 2. The predicted molar refractivity (Wildman–Crippen MR) is 67.9 cm³/mol. The van der Waals surface area contributed by atoms with Gasteiger partial charge < -0.3 is 15.4 Å². The van der Waals surface area contributed by atoms with Crippen LogP contribution >= 0.6 is 0 Å². The molecule has 0 aliphatic carbocycles. The number of nitrogens with zero attached hydrogens (tertiary/aromatic N) is 2. The zero-order chi connectivity index (χ0) is 12.1. The maximum Gasteiger partial charge on any atom is 0.238 e. The third-order valence-corrected chi connectivity index (χ3v) is 2.50. The zero-order valence-electron chi connectivity index (χ0n) is 10.5. The highest BCUT2D eigenvalue weighted by atomic mass is 16.5. The number of ether oxygens (including phenoxy) is 1. The molecular formula is C12H21N3O. The van der Waals surface area contributed by atoms with Gasteiger partial charge in [0.05, 0.1) is 12.8 Å². The molecule has 0 aliphatic heterocycles. The normalized spacial score (nSPS) is 10.6. The van der Waals surface area contributed by atoms with Gasteiger partial charge in [0.1, 0.15) is 5.82 Å². The van der Waals surface area contributed by atoms with E-state index in [4.69, 9.17) is 10.5 Å². The van der Waals surface area contributed by atoms with Gasteiger partial charge in [0, 0.05) is 13.6 Å². The molecule has 1 heterocycles. The van der Waals surface area contributed by atoms with Crippen molar-refractivity contribution in [3.05, 3.63) is 12.1 Å². The van der Waals surface area contributed by atoms with Crippen LogP contribution in [0.1, 0.15) is 20.3 Å². The third-order valence-electron chi connectivity index (χ3n) is 2.50. The summed E-state index contributed by atoms with van der Waals surface area (Å²) in [5, 5.41) is 0. The first-order valence-electron chi connectivity index (χ1n) is 5.56. The summed E-state index contributed by atoms with van der Waals surface area (Å²) in [6.07, 6.45) is 1.14. The molecule has 0 saturated heterocycles. The van der Waals surface area contributed by atoms with Crippen LogP contribution in [0.5, 0.6) is 5.88 Å². The fourth-order valence-electron chi connectivity index (χ4n) is 1.38. The predicted octanol–water partition coefficient (Wildman–Crippen LogP) is 2.15. The molecule has 0 bridgehead atoms. The van der Waals surface area contributed by atoms with Crippen LogP contribution in [0.4, 0.5) is 11.5 Å². The van der Waals surface area contributed by atoms with Gasteiger partial charge in [-0.1, -0.05) is 13.8 Å². The average Bonchev–Trinajstić information content (AvgIpc) is 2.26. The summed E-state index contributed by atoms with van der Waals surface area (Å²) in [5.41, 5.74) is 6.29. The molecule has 0 spiro atoms. The van der Waals surface area contributed by atoms with Crippen molar-refractivity contribution in [1.82, 2.24) is 4.98 Å². The number of pyridine rings is 1. The molecule has 0 saturated carbocycles. The van der Waals surface area contributed by atoms with E-state index in [1.165, 1.54) is 0 Å². The van der Waals surface area contributed by atoms with Crippen molar-refractivity contribution in [2.24, 2.45) is 5.92 Å². The molecule has 0 radical (unpaired) electrons. The number of rotatable bonds is 5. The van der Waals surface area contributed by atoms with Gasteiger partial charge in [-0.25, -0.2) is 0 Å². The molecule has 0 aliphatic rings. The SMILES string of the molecule is COc1nc(N(C)CCC(C)C)ccc1N. The van der Waals surface area contributed by atoms with Crippen molar-refractivity contribution in [3.63, 3.8) is 0 Å². The van der Waals surface area contributed by atoms with Crippen LogP contribution in [-0.4, -0.2) is 25.7 Å². The van der Waals surface area contributed by atoms with Gasteiger partial charge in [-0.3, -0.25) is 0 Å². The summed E-state index contributed by atoms with van der Waals surface area (Å²) in [6.45, 7) is 5.41. The van der Waals surface area contributed by atoms with Crippen LogP contribution in [-0.2, 0) is 0 Å². The molecule has 0 unspecified atom stereocenters. The molecule has 4 heteroatoms. The highest BCUT2D eigenvalue weighted by Crippen LogP contribution is 2.22. The molecule has 0 amide bonds. The molecule has 0 aromatic carbocycles. The molecule has 2 N–H and O–H groups in total. The first-order valence-corrected chi connectivity index (χ1v) is 5.56. The summed E-state index contributed by atoms with van der Waals surface area (Å²) in [5.74, 6) is 2.08. The minimum atomic E-state index is 0.494. The maximum atomic E-state index is 5.72. The van der Waals surface area contributed by atoms with E-state index in [0.29, 0.717) is 17.5 Å². The van der Waals surface area contributed by atoms with Crippen LogP contribution < -0.4 is 15.4 Å². The lowest BCUT2D eigenvalue weighted by atomic mass is 10.1. The van der Waals surface area contributed by atoms with Crippen molar-refractivity contribution in [3.8, 4) is 5.88 Å². The quantitative estimate of drug-likeness (QED) is 0.831. The number of hydrogen-bond donors (Lipinski definition) is 1. The Morgan fingerprint density at radius 3 is 2.69 bits per heavy atom. The summed E-state index contributed by atoms with van der Waals surface area (Å²) in [7, 11) is 3.61. The Bertz CT molecular complexity index is 339. The highest BCUT2D eigenvalue weighted by Gasteiger charge is 2.07. The number of hydrogen-bond acceptors (Lipinski definition) is 4. The first-order chi connectivity index (χ1) is 7.54. The molecule has 0 atom stereocenters. The summed E-state index contributed by atoms with van der Waals surface area (Å²) in [4.78, 5) is 6.46. The number of methoxy groups -OCH3 is 1. The van der Waals surface area contributed by atoms with Crippen LogP contribution in [0.2, 0.25) is 0 Å². The van der Waals surface area contributed by atoms with Gasteiger partial charge in [0.25, 0.3) is 0 Å². The Morgan fingerprint density at radius 1 is 1.44 bits per heavy atom. The van der Waals surface area contributed by atoms with E-state index in [0.717, 1.165) is 18.8 Å². The van der Waals surface area contributed by atoms with Crippen molar-refractivity contribution in [2.75, 3.05) is 31.3 Å². The topological polar surface area (TPSA) is 51.4 Å². The first kappa shape index (κ1) is 12.6. The van der Waals surface area contributed by atoms with Gasteiger partial charge in [0.2, 0.25) is 5.88 Å². The minimum Gasteiger partial charge on any atom is -0.479 e. The molecular weight excluding hydrogens is 202 g/mol. The van der Waals surface area contributed by atoms with Crippen molar-refractivity contribution < 1.29 is 4.74 Å². The van der Waals surface area contributed by atoms with Crippen molar-refractivity contribution in [2.45, 2.75) is 20.3 Å². The van der Waals surface area contributed by atoms with Crippen molar-refractivity contribution in [1.29, 1.82) is 0 Å². The van der Waals surface area contributed by atoms with E-state index in [1.807, 2.05) is 19.2 Å². The van der Waals surface area contributed by atoms with Crippen LogP contribution in [0.3, 0.4) is 0 Å². The van der Waals surface area contributed by atoms with Gasteiger partial charge in [-0.2, -0.15) is 4.98 Å². The van der Waals surface area contributed by atoms with E-state index >= 15 is 0 Å². The monoisotopic (exact) mass is 223 g/mol. The van der Waals surface area contributed by atoms with E-state index in [-0.39, 0.29) is 0 Å². The van der Waals surface area contributed by atoms with Crippen LogP contribution in [0.25, 0.3) is 0 Å². The van der Waals surface area contributed by atoms with E-state index < -0.39 is 0 Å². The van der Waals surface area contributed by atoms with Gasteiger partial charge in [0.15, 0.2) is 0 Å². The fourth-order valence-corrected chi connectivity index (χ4v) is 1.38. The van der Waals surface area contributed by atoms with Gasteiger partial charge in [-0.15, -0.1) is 0 Å². The number of nitrogens with two attached hydrogens (primary N) is 1. The Labute approximate surface area is 97.4 Å². The van der Waals surface area contributed by atoms with Crippen molar-refractivity contribution >= 4 is 11.5 Å². The van der Waals surface area contributed by atoms with E-state index in [1.54, 1.807) is 7.11 Å². The van der Waals surface area contributed by atoms with Crippen LogP contribution in [0.15, 0.2) is 12.1 Å². The lowest BCUT2D eigenvalue weighted by molar-refractivity contribution is 0.400. The van der Waals surface area contributed by atoms with E-state index in [2.05, 4.69) is 23.7 Å². The second-order valence-corrected chi connectivity index (χ2v) is 4.37. The lowest BCUT2D eigenvalue weighted by Gasteiger charge is -2.20. The Hall–Kier alpha value is -1.45. The second kappa shape index (κ2) is 5.58. The second-order valence-electron chi connectivity index (χ2n) is 4.37. The molecule has 90 valence electrons. The lowest BCUT2D eigenvalue weighted by Crippen LogP contribution is -2.21. The van der Waals surface area contributed by atoms with E-state index in [9.17, 15) is 0 Å². The van der Waals surface area contributed by atoms with Gasteiger partial charge >= 0.3 is 0 Å². The number of nitrogen functional groups attached to an aromatic ring is 1. The zero-order valence-corrected chi connectivity index (χ0v) is 10.5. The highest BCUT2D eigenvalue weighted by molar-refractivity contribution is 5.54. The molecule has 16 heavy (non-hydrogen) atoms. The van der Waals surface area contributed by atoms with Gasteiger partial charge in [-0.05, 0) is 24.5 Å². The molecule has 4 nitrogen and oxygen atoms in total. The Morgan fingerprint density at radius 2 is 2.12 bits per heavy atom. The standard InChI is InChI=1S/C12H21N3O/c1-9(2)7-8-15(3)11-6-5-10(13)12(14-11)16-4/h5-6,9H,7-8,13H2,1-4H3. The number of aromatic nitrogens is 1. The third kappa shape index (κ3) is 3.29. The smallest absolute Gasteiger partial charge is 0.238 e. The summed E-state index contributed by atoms with van der Waals surface area (Å²) in [6, 6.07) is 3.74. The maximum absolute atomic E-state index is 5.72. The molecule has 1 aromatic heterocycles.